The van der Waals surface area contributed by atoms with Crippen molar-refractivity contribution in [3.05, 3.63) is 40.8 Å². The van der Waals surface area contributed by atoms with Crippen LogP contribution >= 0.6 is 11.3 Å². The summed E-state index contributed by atoms with van der Waals surface area (Å²) in [5, 5.41) is 1.77. The van der Waals surface area contributed by atoms with Crippen LogP contribution in [0.4, 0.5) is 0 Å². The Labute approximate surface area is 181 Å². The SMILES string of the molecule is COc1cc2c(cc1OC)CN(C(=O)C1CCN(S(=O)(=O)c3cccs3)CC1)CC2. The Balaban J connectivity index is 1.41. The number of hydrogen-bond acceptors (Lipinski definition) is 6. The fraction of sp³-hybridized carbons (Fsp3) is 0.476. The zero-order valence-corrected chi connectivity index (χ0v) is 18.8. The van der Waals surface area contributed by atoms with E-state index >= 15 is 0 Å². The Kier molecular flexibility index (Phi) is 6.04. The molecule has 2 aliphatic heterocycles. The van der Waals surface area contributed by atoms with Crippen LogP contribution in [0.15, 0.2) is 33.9 Å². The summed E-state index contributed by atoms with van der Waals surface area (Å²) in [5.74, 6) is 1.35. The van der Waals surface area contributed by atoms with E-state index < -0.39 is 10.0 Å². The van der Waals surface area contributed by atoms with Gasteiger partial charge in [0.15, 0.2) is 11.5 Å². The van der Waals surface area contributed by atoms with E-state index in [1.54, 1.807) is 31.7 Å². The highest BCUT2D eigenvalue weighted by Gasteiger charge is 2.35. The predicted molar refractivity (Wildman–Crippen MR) is 114 cm³/mol. The molecule has 162 valence electrons. The number of methoxy groups -OCH3 is 2. The van der Waals surface area contributed by atoms with Crippen molar-refractivity contribution in [2.24, 2.45) is 5.92 Å². The Bertz CT molecular complexity index is 1010. The van der Waals surface area contributed by atoms with E-state index in [0.717, 1.165) is 12.0 Å². The number of nitrogens with zero attached hydrogens (tertiary/aromatic N) is 2. The molecule has 7 nitrogen and oxygen atoms in total. The number of sulfonamides is 1. The molecule has 2 aromatic rings. The normalized spacial score (nSPS) is 18.1. The van der Waals surface area contributed by atoms with Crippen molar-refractivity contribution in [2.75, 3.05) is 33.9 Å². The van der Waals surface area contributed by atoms with Gasteiger partial charge in [-0.15, -0.1) is 11.3 Å². The predicted octanol–water partition coefficient (Wildman–Crippen LogP) is 2.75. The number of ether oxygens (including phenoxy) is 2. The van der Waals surface area contributed by atoms with Crippen molar-refractivity contribution in [1.82, 2.24) is 9.21 Å². The largest absolute Gasteiger partial charge is 0.493 e. The van der Waals surface area contributed by atoms with Gasteiger partial charge in [-0.25, -0.2) is 8.42 Å². The van der Waals surface area contributed by atoms with Crippen molar-refractivity contribution in [3.8, 4) is 11.5 Å². The fourth-order valence-electron chi connectivity index (χ4n) is 4.21. The maximum Gasteiger partial charge on any atom is 0.252 e. The number of rotatable bonds is 5. The third kappa shape index (κ3) is 3.93. The van der Waals surface area contributed by atoms with E-state index in [1.165, 1.54) is 21.2 Å². The highest BCUT2D eigenvalue weighted by atomic mass is 32.2. The molecule has 1 aromatic heterocycles. The molecule has 0 radical (unpaired) electrons. The van der Waals surface area contributed by atoms with Crippen molar-refractivity contribution in [3.63, 3.8) is 0 Å². The van der Waals surface area contributed by atoms with Gasteiger partial charge in [0.25, 0.3) is 10.0 Å². The van der Waals surface area contributed by atoms with Gasteiger partial charge >= 0.3 is 0 Å². The molecule has 1 amide bonds. The van der Waals surface area contributed by atoms with Gasteiger partial charge < -0.3 is 14.4 Å². The minimum atomic E-state index is -3.45. The summed E-state index contributed by atoms with van der Waals surface area (Å²) in [6.45, 7) is 1.97. The van der Waals surface area contributed by atoms with Gasteiger partial charge in [0.05, 0.1) is 14.2 Å². The minimum absolute atomic E-state index is 0.114. The number of amides is 1. The van der Waals surface area contributed by atoms with E-state index in [0.29, 0.717) is 54.7 Å². The quantitative estimate of drug-likeness (QED) is 0.700. The molecule has 1 saturated heterocycles. The van der Waals surface area contributed by atoms with Crippen molar-refractivity contribution in [2.45, 2.75) is 30.0 Å². The lowest BCUT2D eigenvalue weighted by Crippen LogP contribution is -2.45. The summed E-state index contributed by atoms with van der Waals surface area (Å²) in [4.78, 5) is 15.0. The summed E-state index contributed by atoms with van der Waals surface area (Å²) >= 11 is 1.23. The summed E-state index contributed by atoms with van der Waals surface area (Å²) in [5.41, 5.74) is 2.25. The average Bonchev–Trinajstić information content (AvgIpc) is 3.33. The number of benzene rings is 1. The zero-order valence-electron chi connectivity index (χ0n) is 17.2. The number of carbonyl (C=O) groups excluding carboxylic acids is 1. The first-order valence-corrected chi connectivity index (χ1v) is 12.3. The third-order valence-corrected chi connectivity index (χ3v) is 9.19. The van der Waals surface area contributed by atoms with E-state index in [-0.39, 0.29) is 11.8 Å². The Hall–Kier alpha value is -2.10. The maximum atomic E-state index is 13.1. The highest BCUT2D eigenvalue weighted by molar-refractivity contribution is 7.91. The second-order valence-electron chi connectivity index (χ2n) is 7.60. The van der Waals surface area contributed by atoms with Crippen LogP contribution in [0.25, 0.3) is 0 Å². The van der Waals surface area contributed by atoms with Crippen molar-refractivity contribution < 1.29 is 22.7 Å². The Morgan fingerprint density at radius 3 is 2.33 bits per heavy atom. The molecule has 0 spiro atoms. The van der Waals surface area contributed by atoms with E-state index in [1.807, 2.05) is 17.0 Å². The Morgan fingerprint density at radius 1 is 1.07 bits per heavy atom. The van der Waals surface area contributed by atoms with Gasteiger partial charge in [-0.1, -0.05) is 6.07 Å². The molecule has 1 aromatic carbocycles. The number of fused-ring (bicyclic) bond motifs is 1. The van der Waals surface area contributed by atoms with Crippen LogP contribution in [0.3, 0.4) is 0 Å². The third-order valence-electron chi connectivity index (χ3n) is 5.92. The average molecular weight is 451 g/mol. The van der Waals surface area contributed by atoms with Crippen LogP contribution in [-0.2, 0) is 27.8 Å². The summed E-state index contributed by atoms with van der Waals surface area (Å²) in [7, 11) is -0.222. The standard InChI is InChI=1S/C21H26N2O5S2/c1-27-18-12-16-5-8-22(14-17(16)13-19(18)28-2)21(24)15-6-9-23(10-7-15)30(25,26)20-4-3-11-29-20/h3-4,11-13,15H,5-10,14H2,1-2H3. The highest BCUT2D eigenvalue weighted by Crippen LogP contribution is 2.34. The van der Waals surface area contributed by atoms with E-state index in [4.69, 9.17) is 9.47 Å². The molecular formula is C21H26N2O5S2. The smallest absolute Gasteiger partial charge is 0.252 e. The fourth-order valence-corrected chi connectivity index (χ4v) is 6.82. The van der Waals surface area contributed by atoms with Gasteiger partial charge in [-0.3, -0.25) is 4.79 Å². The maximum absolute atomic E-state index is 13.1. The van der Waals surface area contributed by atoms with Crippen LogP contribution in [0.5, 0.6) is 11.5 Å². The molecule has 0 aliphatic carbocycles. The summed E-state index contributed by atoms with van der Waals surface area (Å²) in [6, 6.07) is 7.31. The second-order valence-corrected chi connectivity index (χ2v) is 10.7. The number of thiophene rings is 1. The molecule has 1 fully saturated rings. The van der Waals surface area contributed by atoms with Crippen LogP contribution in [0.2, 0.25) is 0 Å². The van der Waals surface area contributed by atoms with Gasteiger partial charge in [0, 0.05) is 32.1 Å². The molecule has 4 rings (SSSR count). The van der Waals surface area contributed by atoms with Gasteiger partial charge in [-0.2, -0.15) is 4.31 Å². The lowest BCUT2D eigenvalue weighted by atomic mass is 9.93. The zero-order chi connectivity index (χ0) is 21.3. The first-order valence-electron chi connectivity index (χ1n) is 10.00. The number of piperidine rings is 1. The van der Waals surface area contributed by atoms with Gasteiger partial charge in [-0.05, 0) is 54.0 Å². The summed E-state index contributed by atoms with van der Waals surface area (Å²) in [6.07, 6.45) is 1.88. The first kappa shape index (κ1) is 21.1. The molecular weight excluding hydrogens is 424 g/mol. The molecule has 0 N–H and O–H groups in total. The number of carbonyl (C=O) groups is 1. The minimum Gasteiger partial charge on any atom is -0.493 e. The van der Waals surface area contributed by atoms with Crippen LogP contribution in [0, 0.1) is 5.92 Å². The van der Waals surface area contributed by atoms with Crippen LogP contribution in [0.1, 0.15) is 24.0 Å². The molecule has 0 bridgehead atoms. The summed E-state index contributed by atoms with van der Waals surface area (Å²) < 4.78 is 38.0. The lowest BCUT2D eigenvalue weighted by Gasteiger charge is -2.35. The van der Waals surface area contributed by atoms with Crippen LogP contribution in [-0.4, -0.2) is 57.4 Å². The molecule has 2 aliphatic rings. The molecule has 0 unspecified atom stereocenters. The molecule has 0 atom stereocenters. The lowest BCUT2D eigenvalue weighted by molar-refractivity contribution is -0.137. The van der Waals surface area contributed by atoms with Crippen LogP contribution < -0.4 is 9.47 Å². The first-order chi connectivity index (χ1) is 14.4. The molecule has 0 saturated carbocycles. The van der Waals surface area contributed by atoms with Crippen molar-refractivity contribution in [1.29, 1.82) is 0 Å². The second kappa shape index (κ2) is 8.56. The topological polar surface area (TPSA) is 76.2 Å². The molecule has 9 heteroatoms. The van der Waals surface area contributed by atoms with Gasteiger partial charge in [0.2, 0.25) is 5.91 Å². The molecule has 30 heavy (non-hydrogen) atoms. The van der Waals surface area contributed by atoms with Crippen molar-refractivity contribution >= 4 is 27.3 Å². The molecule has 3 heterocycles. The monoisotopic (exact) mass is 450 g/mol. The van der Waals surface area contributed by atoms with E-state index in [2.05, 4.69) is 0 Å². The number of hydrogen-bond donors (Lipinski definition) is 0. The van der Waals surface area contributed by atoms with E-state index in [9.17, 15) is 13.2 Å². The van der Waals surface area contributed by atoms with Gasteiger partial charge in [0.1, 0.15) is 4.21 Å². The Morgan fingerprint density at radius 2 is 1.73 bits per heavy atom.